The van der Waals surface area contributed by atoms with E-state index in [9.17, 15) is 9.90 Å². The summed E-state index contributed by atoms with van der Waals surface area (Å²) in [4.78, 5) is 12.2. The quantitative estimate of drug-likeness (QED) is 0.740. The maximum atomic E-state index is 12.2. The molecule has 1 saturated carbocycles. The zero-order valence-electron chi connectivity index (χ0n) is 11.7. The minimum Gasteiger partial charge on any atom is -0.398 e. The Kier molecular flexibility index (Phi) is 5.05. The molecule has 0 aromatic heterocycles. The fourth-order valence-electron chi connectivity index (χ4n) is 2.72. The Balaban J connectivity index is 1.98. The molecule has 1 amide bonds. The molecule has 1 aromatic carbocycles. The van der Waals surface area contributed by atoms with Gasteiger partial charge in [0.1, 0.15) is 0 Å². The Hall–Kier alpha value is -1.07. The van der Waals surface area contributed by atoms with Gasteiger partial charge in [-0.3, -0.25) is 4.79 Å². The summed E-state index contributed by atoms with van der Waals surface area (Å²) < 4.78 is 0.804. The van der Waals surface area contributed by atoms with Crippen molar-refractivity contribution in [3.8, 4) is 0 Å². The van der Waals surface area contributed by atoms with E-state index < -0.39 is 0 Å². The molecule has 1 fully saturated rings. The van der Waals surface area contributed by atoms with E-state index in [2.05, 4.69) is 21.2 Å². The molecule has 0 bridgehead atoms. The van der Waals surface area contributed by atoms with Gasteiger partial charge < -0.3 is 16.2 Å². The van der Waals surface area contributed by atoms with E-state index in [-0.39, 0.29) is 12.0 Å². The molecule has 0 spiro atoms. The smallest absolute Gasteiger partial charge is 0.251 e. The van der Waals surface area contributed by atoms with Crippen LogP contribution in [0.3, 0.4) is 0 Å². The number of carbonyl (C=O) groups excluding carboxylic acids is 1. The lowest BCUT2D eigenvalue weighted by Crippen LogP contribution is -2.33. The van der Waals surface area contributed by atoms with E-state index in [4.69, 9.17) is 5.73 Å². The summed E-state index contributed by atoms with van der Waals surface area (Å²) in [7, 11) is 0. The minimum atomic E-state index is -0.214. The number of nitrogens with two attached hydrogens (primary N) is 1. The highest BCUT2D eigenvalue weighted by atomic mass is 79.9. The van der Waals surface area contributed by atoms with Crippen molar-refractivity contribution in [2.24, 2.45) is 5.92 Å². The van der Waals surface area contributed by atoms with Crippen LogP contribution in [0.5, 0.6) is 0 Å². The molecule has 2 unspecified atom stereocenters. The predicted octanol–water partition coefficient (Wildman–Crippen LogP) is 2.62. The van der Waals surface area contributed by atoms with Gasteiger partial charge in [-0.15, -0.1) is 0 Å². The largest absolute Gasteiger partial charge is 0.398 e. The second kappa shape index (κ2) is 6.59. The molecule has 5 heteroatoms. The summed E-state index contributed by atoms with van der Waals surface area (Å²) in [6.07, 6.45) is 3.54. The first-order valence-electron chi connectivity index (χ1n) is 6.99. The van der Waals surface area contributed by atoms with Crippen molar-refractivity contribution in [1.82, 2.24) is 5.32 Å². The van der Waals surface area contributed by atoms with Gasteiger partial charge in [0, 0.05) is 22.3 Å². The monoisotopic (exact) mass is 340 g/mol. The Bertz CT molecular complexity index is 505. The van der Waals surface area contributed by atoms with Gasteiger partial charge in [0.15, 0.2) is 0 Å². The number of halogens is 1. The van der Waals surface area contributed by atoms with Crippen molar-refractivity contribution in [2.45, 2.75) is 38.7 Å². The number of rotatable bonds is 3. The third-order valence-electron chi connectivity index (χ3n) is 3.96. The van der Waals surface area contributed by atoms with Gasteiger partial charge >= 0.3 is 0 Å². The van der Waals surface area contributed by atoms with E-state index in [1.807, 2.05) is 6.92 Å². The van der Waals surface area contributed by atoms with Crippen LogP contribution >= 0.6 is 15.9 Å². The van der Waals surface area contributed by atoms with Gasteiger partial charge in [0.05, 0.1) is 6.10 Å². The molecule has 4 nitrogen and oxygen atoms in total. The van der Waals surface area contributed by atoms with Crippen LogP contribution in [-0.2, 0) is 0 Å². The van der Waals surface area contributed by atoms with E-state index in [0.717, 1.165) is 35.7 Å². The third-order valence-corrected chi connectivity index (χ3v) is 4.42. The van der Waals surface area contributed by atoms with Crippen molar-refractivity contribution in [3.63, 3.8) is 0 Å². The highest BCUT2D eigenvalue weighted by molar-refractivity contribution is 9.10. The van der Waals surface area contributed by atoms with Gasteiger partial charge in [0.25, 0.3) is 5.91 Å². The number of nitrogen functional groups attached to an aromatic ring is 1. The number of amides is 1. The van der Waals surface area contributed by atoms with Crippen LogP contribution in [0.1, 0.15) is 41.6 Å². The molecular weight excluding hydrogens is 320 g/mol. The molecule has 0 saturated heterocycles. The lowest BCUT2D eigenvalue weighted by Gasteiger charge is -2.26. The van der Waals surface area contributed by atoms with E-state index in [1.54, 1.807) is 12.1 Å². The molecule has 1 aliphatic rings. The van der Waals surface area contributed by atoms with Crippen LogP contribution in [0.15, 0.2) is 16.6 Å². The van der Waals surface area contributed by atoms with Crippen molar-refractivity contribution in [2.75, 3.05) is 12.3 Å². The predicted molar refractivity (Wildman–Crippen MR) is 83.6 cm³/mol. The van der Waals surface area contributed by atoms with Crippen molar-refractivity contribution in [3.05, 3.63) is 27.7 Å². The summed E-state index contributed by atoms with van der Waals surface area (Å²) in [6, 6.07) is 3.58. The van der Waals surface area contributed by atoms with Crippen LogP contribution in [0, 0.1) is 12.8 Å². The maximum Gasteiger partial charge on any atom is 0.251 e. The van der Waals surface area contributed by atoms with Crippen LogP contribution in [0.25, 0.3) is 0 Å². The number of aliphatic hydroxyl groups is 1. The molecule has 0 aliphatic heterocycles. The zero-order chi connectivity index (χ0) is 14.7. The topological polar surface area (TPSA) is 75.4 Å². The number of nitrogens with one attached hydrogen (secondary N) is 1. The Morgan fingerprint density at radius 3 is 2.95 bits per heavy atom. The van der Waals surface area contributed by atoms with Crippen LogP contribution in [0.2, 0.25) is 0 Å². The van der Waals surface area contributed by atoms with Crippen molar-refractivity contribution < 1.29 is 9.90 Å². The summed E-state index contributed by atoms with van der Waals surface area (Å²) in [5, 5.41) is 12.6. The zero-order valence-corrected chi connectivity index (χ0v) is 13.2. The van der Waals surface area contributed by atoms with Gasteiger partial charge in [-0.1, -0.05) is 22.4 Å². The van der Waals surface area contributed by atoms with Gasteiger partial charge in [-0.2, -0.15) is 0 Å². The molecule has 2 rings (SSSR count). The highest BCUT2D eigenvalue weighted by Gasteiger charge is 2.21. The molecule has 20 heavy (non-hydrogen) atoms. The second-order valence-electron chi connectivity index (χ2n) is 5.56. The number of hydrogen-bond acceptors (Lipinski definition) is 3. The lowest BCUT2D eigenvalue weighted by atomic mass is 9.87. The molecule has 4 N–H and O–H groups in total. The first-order valence-corrected chi connectivity index (χ1v) is 7.78. The molecule has 0 heterocycles. The molecule has 110 valence electrons. The molecular formula is C15H21BrN2O2. The SMILES string of the molecule is Cc1c(N)cc(Br)cc1C(=O)NCC1CCCC(O)C1. The van der Waals surface area contributed by atoms with Gasteiger partial charge in [0.2, 0.25) is 0 Å². The number of hydrogen-bond donors (Lipinski definition) is 3. The fraction of sp³-hybridized carbons (Fsp3) is 0.533. The Morgan fingerprint density at radius 2 is 2.25 bits per heavy atom. The molecule has 1 aromatic rings. The van der Waals surface area contributed by atoms with Gasteiger partial charge in [-0.25, -0.2) is 0 Å². The standard InChI is InChI=1S/C15H21BrN2O2/c1-9-13(6-11(16)7-14(9)17)15(20)18-8-10-3-2-4-12(19)5-10/h6-7,10,12,19H,2-5,8,17H2,1H3,(H,18,20). The van der Waals surface area contributed by atoms with Crippen LogP contribution in [0.4, 0.5) is 5.69 Å². The second-order valence-corrected chi connectivity index (χ2v) is 6.48. The number of benzene rings is 1. The summed E-state index contributed by atoms with van der Waals surface area (Å²) in [6.45, 7) is 2.46. The van der Waals surface area contributed by atoms with Crippen molar-refractivity contribution >= 4 is 27.5 Å². The van der Waals surface area contributed by atoms with Crippen LogP contribution < -0.4 is 11.1 Å². The van der Waals surface area contributed by atoms with E-state index in [0.29, 0.717) is 23.7 Å². The van der Waals surface area contributed by atoms with E-state index in [1.165, 1.54) is 0 Å². The minimum absolute atomic E-state index is 0.101. The number of carbonyl (C=O) groups is 1. The number of anilines is 1. The fourth-order valence-corrected chi connectivity index (χ4v) is 3.19. The third kappa shape index (κ3) is 3.73. The van der Waals surface area contributed by atoms with Crippen molar-refractivity contribution in [1.29, 1.82) is 0 Å². The van der Waals surface area contributed by atoms with Crippen LogP contribution in [-0.4, -0.2) is 23.7 Å². The summed E-state index contributed by atoms with van der Waals surface area (Å²) >= 11 is 3.36. The molecule has 0 radical (unpaired) electrons. The highest BCUT2D eigenvalue weighted by Crippen LogP contribution is 2.25. The van der Waals surface area contributed by atoms with E-state index >= 15 is 0 Å². The molecule has 1 aliphatic carbocycles. The number of aliphatic hydroxyl groups excluding tert-OH is 1. The lowest BCUT2D eigenvalue weighted by molar-refractivity contribution is 0.0873. The summed E-state index contributed by atoms with van der Waals surface area (Å²) in [5.74, 6) is 0.267. The Labute approximate surface area is 127 Å². The first-order chi connectivity index (χ1) is 9.47. The average molecular weight is 341 g/mol. The summed E-state index contributed by atoms with van der Waals surface area (Å²) in [5.41, 5.74) is 7.89. The molecule has 2 atom stereocenters. The maximum absolute atomic E-state index is 12.2. The first kappa shape index (κ1) is 15.3. The average Bonchev–Trinajstić information content (AvgIpc) is 2.40. The Morgan fingerprint density at radius 1 is 1.50 bits per heavy atom. The normalized spacial score (nSPS) is 22.6. The van der Waals surface area contributed by atoms with Gasteiger partial charge in [-0.05, 0) is 49.8 Å².